The highest BCUT2D eigenvalue weighted by Gasteiger charge is 2.14. The minimum absolute atomic E-state index is 0.163. The summed E-state index contributed by atoms with van der Waals surface area (Å²) in [7, 11) is 1.88. The Labute approximate surface area is 165 Å². The van der Waals surface area contributed by atoms with Crippen molar-refractivity contribution in [3.8, 4) is 11.6 Å². The molecule has 4 rings (SSSR count). The highest BCUT2D eigenvalue weighted by atomic mass is 32.2. The van der Waals surface area contributed by atoms with E-state index in [-0.39, 0.29) is 5.95 Å². The fraction of sp³-hybridized carbons (Fsp3) is 0.167. The van der Waals surface area contributed by atoms with Crippen molar-refractivity contribution in [3.05, 3.63) is 54.0 Å². The maximum absolute atomic E-state index is 5.86. The van der Waals surface area contributed by atoms with Gasteiger partial charge < -0.3 is 20.0 Å². The lowest BCUT2D eigenvalue weighted by molar-refractivity contribution is 0.572. The van der Waals surface area contributed by atoms with Gasteiger partial charge >= 0.3 is 0 Å². The van der Waals surface area contributed by atoms with Gasteiger partial charge in [-0.05, 0) is 30.7 Å². The Kier molecular flexibility index (Phi) is 4.94. The van der Waals surface area contributed by atoms with Gasteiger partial charge in [0.05, 0.1) is 12.0 Å². The van der Waals surface area contributed by atoms with Crippen LogP contribution in [-0.4, -0.2) is 29.7 Å². The predicted octanol–water partition coefficient (Wildman–Crippen LogP) is 3.19. The Balaban J connectivity index is 1.50. The van der Waals surface area contributed by atoms with Gasteiger partial charge in [0.15, 0.2) is 16.7 Å². The molecular weight excluding hydrogens is 376 g/mol. The second-order valence-corrected chi connectivity index (χ2v) is 6.95. The smallest absolute Gasteiger partial charge is 0.232 e. The Morgan fingerprint density at radius 1 is 1.11 bits per heavy atom. The van der Waals surface area contributed by atoms with E-state index in [2.05, 4.69) is 30.5 Å². The van der Waals surface area contributed by atoms with Crippen LogP contribution in [0.1, 0.15) is 11.4 Å². The number of nitrogens with zero attached hydrogens (tertiary/aromatic N) is 6. The molecule has 3 aromatic heterocycles. The molecule has 4 aromatic rings. The first kappa shape index (κ1) is 18.0. The lowest BCUT2D eigenvalue weighted by Gasteiger charge is -2.09. The minimum atomic E-state index is 0.163. The van der Waals surface area contributed by atoms with Crippen LogP contribution in [0.2, 0.25) is 0 Å². The molecule has 0 saturated heterocycles. The van der Waals surface area contributed by atoms with E-state index in [9.17, 15) is 0 Å². The summed E-state index contributed by atoms with van der Waals surface area (Å²) in [6, 6.07) is 11.5. The quantitative estimate of drug-likeness (QED) is 0.475. The third-order valence-corrected chi connectivity index (χ3v) is 5.01. The first-order valence-corrected chi connectivity index (χ1v) is 9.48. The Bertz CT molecular complexity index is 1090. The third kappa shape index (κ3) is 3.81. The molecule has 1 aromatic carbocycles. The van der Waals surface area contributed by atoms with Crippen LogP contribution in [0.4, 0.5) is 17.6 Å². The van der Waals surface area contributed by atoms with Crippen molar-refractivity contribution >= 4 is 29.3 Å². The summed E-state index contributed by atoms with van der Waals surface area (Å²) in [6.45, 7) is 2.01. The lowest BCUT2D eigenvalue weighted by atomic mass is 10.2. The van der Waals surface area contributed by atoms with E-state index in [4.69, 9.17) is 10.2 Å². The van der Waals surface area contributed by atoms with Crippen LogP contribution in [0.3, 0.4) is 0 Å². The molecule has 3 N–H and O–H groups in total. The number of thioether (sulfide) groups is 1. The van der Waals surface area contributed by atoms with E-state index in [0.29, 0.717) is 29.1 Å². The van der Waals surface area contributed by atoms with Crippen molar-refractivity contribution in [1.29, 1.82) is 0 Å². The molecule has 9 nitrogen and oxygen atoms in total. The predicted molar refractivity (Wildman–Crippen MR) is 107 cm³/mol. The van der Waals surface area contributed by atoms with E-state index in [1.165, 1.54) is 11.8 Å². The fourth-order valence-electron chi connectivity index (χ4n) is 2.58. The Morgan fingerprint density at radius 3 is 2.75 bits per heavy atom. The number of benzene rings is 1. The number of aryl methyl sites for hydroxylation is 1. The highest BCUT2D eigenvalue weighted by Crippen LogP contribution is 2.25. The molecular formula is C18H18N8OS. The zero-order valence-corrected chi connectivity index (χ0v) is 16.1. The topological polar surface area (TPSA) is 121 Å². The maximum atomic E-state index is 5.86. The second-order valence-electron chi connectivity index (χ2n) is 6.00. The van der Waals surface area contributed by atoms with E-state index in [1.807, 2.05) is 54.9 Å². The summed E-state index contributed by atoms with van der Waals surface area (Å²) in [5.74, 6) is 2.92. The van der Waals surface area contributed by atoms with Gasteiger partial charge in [0.1, 0.15) is 5.82 Å². The molecule has 142 valence electrons. The van der Waals surface area contributed by atoms with Crippen LogP contribution >= 0.6 is 11.8 Å². The molecule has 0 fully saturated rings. The molecule has 0 atom stereocenters. The van der Waals surface area contributed by atoms with E-state index >= 15 is 0 Å². The van der Waals surface area contributed by atoms with Gasteiger partial charge in [-0.1, -0.05) is 30.0 Å². The van der Waals surface area contributed by atoms with Gasteiger partial charge in [0.25, 0.3) is 0 Å². The lowest BCUT2D eigenvalue weighted by Crippen LogP contribution is -2.07. The van der Waals surface area contributed by atoms with Crippen LogP contribution in [0.5, 0.6) is 0 Å². The van der Waals surface area contributed by atoms with Gasteiger partial charge in [0, 0.05) is 12.7 Å². The summed E-state index contributed by atoms with van der Waals surface area (Å²) in [5, 5.41) is 12.3. The van der Waals surface area contributed by atoms with Crippen LogP contribution in [-0.2, 0) is 12.8 Å². The summed E-state index contributed by atoms with van der Waals surface area (Å²) >= 11 is 1.46. The van der Waals surface area contributed by atoms with Crippen LogP contribution in [0.25, 0.3) is 11.6 Å². The summed E-state index contributed by atoms with van der Waals surface area (Å²) in [4.78, 5) is 12.8. The third-order valence-electron chi connectivity index (χ3n) is 4.00. The molecule has 28 heavy (non-hydrogen) atoms. The van der Waals surface area contributed by atoms with Crippen LogP contribution in [0, 0.1) is 6.92 Å². The zero-order valence-electron chi connectivity index (χ0n) is 15.3. The van der Waals surface area contributed by atoms with E-state index < -0.39 is 0 Å². The number of rotatable bonds is 6. The highest BCUT2D eigenvalue weighted by molar-refractivity contribution is 7.98. The van der Waals surface area contributed by atoms with Gasteiger partial charge in [-0.3, -0.25) is 0 Å². The molecule has 0 radical (unpaired) electrons. The van der Waals surface area contributed by atoms with Crippen molar-refractivity contribution in [3.63, 3.8) is 0 Å². The number of furan rings is 1. The number of nitrogens with two attached hydrogens (primary N) is 1. The summed E-state index contributed by atoms with van der Waals surface area (Å²) < 4.78 is 7.25. The largest absolute Gasteiger partial charge is 0.461 e. The second kappa shape index (κ2) is 7.69. The fourth-order valence-corrected chi connectivity index (χ4v) is 3.35. The number of hydrogen-bond acceptors (Lipinski definition) is 9. The van der Waals surface area contributed by atoms with Crippen LogP contribution in [0.15, 0.2) is 52.2 Å². The van der Waals surface area contributed by atoms with Crippen molar-refractivity contribution in [1.82, 2.24) is 29.7 Å². The average Bonchev–Trinajstić information content (AvgIpc) is 3.31. The first-order valence-electron chi connectivity index (χ1n) is 8.49. The average molecular weight is 394 g/mol. The number of hydrogen-bond donors (Lipinski definition) is 2. The van der Waals surface area contributed by atoms with Gasteiger partial charge in [-0.15, -0.1) is 10.2 Å². The molecule has 0 spiro atoms. The van der Waals surface area contributed by atoms with E-state index in [1.54, 1.807) is 6.26 Å². The van der Waals surface area contributed by atoms with Crippen LogP contribution < -0.4 is 11.1 Å². The Hall–Kier alpha value is -3.40. The molecule has 3 heterocycles. The van der Waals surface area contributed by atoms with E-state index in [0.717, 1.165) is 16.4 Å². The molecule has 0 aliphatic heterocycles. The number of para-hydroxylation sites is 1. The SMILES string of the molecule is Cc1ccccc1Nc1nc(N)nc(CSc2nnc(-c3ccco3)n2C)n1. The van der Waals surface area contributed by atoms with Gasteiger partial charge in [-0.25, -0.2) is 0 Å². The monoisotopic (exact) mass is 394 g/mol. The number of aromatic nitrogens is 6. The maximum Gasteiger partial charge on any atom is 0.232 e. The van der Waals surface area contributed by atoms with Crippen molar-refractivity contribution in [2.45, 2.75) is 17.8 Å². The minimum Gasteiger partial charge on any atom is -0.461 e. The number of nitrogens with one attached hydrogen (secondary N) is 1. The molecule has 0 aliphatic carbocycles. The van der Waals surface area contributed by atoms with Gasteiger partial charge in [-0.2, -0.15) is 15.0 Å². The summed E-state index contributed by atoms with van der Waals surface area (Å²) in [5.41, 5.74) is 7.87. The van der Waals surface area contributed by atoms with Crippen molar-refractivity contribution in [2.24, 2.45) is 7.05 Å². The number of nitrogen functional groups attached to an aromatic ring is 1. The molecule has 0 unspecified atom stereocenters. The Morgan fingerprint density at radius 2 is 1.96 bits per heavy atom. The molecule has 0 aliphatic rings. The summed E-state index contributed by atoms with van der Waals surface area (Å²) in [6.07, 6.45) is 1.60. The number of anilines is 3. The van der Waals surface area contributed by atoms with Crippen molar-refractivity contribution < 1.29 is 4.42 Å². The first-order chi connectivity index (χ1) is 13.6. The normalized spacial score (nSPS) is 10.9. The molecule has 0 saturated carbocycles. The van der Waals surface area contributed by atoms with Crippen molar-refractivity contribution in [2.75, 3.05) is 11.1 Å². The molecule has 10 heteroatoms. The van der Waals surface area contributed by atoms with Gasteiger partial charge in [0.2, 0.25) is 11.9 Å². The molecule has 0 amide bonds. The standard InChI is InChI=1S/C18H18N8OS/c1-11-6-3-4-7-12(11)20-17-22-14(21-16(19)23-17)10-28-18-25-24-15(26(18)2)13-8-5-9-27-13/h3-9H,10H2,1-2H3,(H3,19,20,21,22,23). The zero-order chi connectivity index (χ0) is 19.5. The molecule has 0 bridgehead atoms.